The maximum absolute atomic E-state index is 12.7. The molecule has 5 heteroatoms. The SMILES string of the molecule is CC1(c2ccccc2)CC(=O)N(CCc2ccccn2)C1=O.Cl. The summed E-state index contributed by atoms with van der Waals surface area (Å²) in [6.07, 6.45) is 2.54. The van der Waals surface area contributed by atoms with Crippen molar-refractivity contribution in [2.24, 2.45) is 0 Å². The lowest BCUT2D eigenvalue weighted by Gasteiger charge is -2.22. The van der Waals surface area contributed by atoms with Gasteiger partial charge in [-0.1, -0.05) is 36.4 Å². The van der Waals surface area contributed by atoms with Gasteiger partial charge in [0.05, 0.1) is 5.41 Å². The van der Waals surface area contributed by atoms with Gasteiger partial charge in [-0.2, -0.15) is 0 Å². The fourth-order valence-corrected chi connectivity index (χ4v) is 2.91. The number of carbonyl (C=O) groups excluding carboxylic acids is 2. The minimum Gasteiger partial charge on any atom is -0.281 e. The van der Waals surface area contributed by atoms with E-state index in [1.807, 2.05) is 55.5 Å². The van der Waals surface area contributed by atoms with E-state index in [1.165, 1.54) is 4.90 Å². The van der Waals surface area contributed by atoms with Crippen molar-refractivity contribution in [2.75, 3.05) is 6.54 Å². The van der Waals surface area contributed by atoms with E-state index in [0.29, 0.717) is 13.0 Å². The fraction of sp³-hybridized carbons (Fsp3) is 0.278. The van der Waals surface area contributed by atoms with Crippen LogP contribution in [0.4, 0.5) is 0 Å². The second-order valence-corrected chi connectivity index (χ2v) is 5.80. The molecule has 120 valence electrons. The molecule has 0 bridgehead atoms. The molecule has 0 saturated carbocycles. The Hall–Kier alpha value is -2.20. The summed E-state index contributed by atoms with van der Waals surface area (Å²) in [6, 6.07) is 15.2. The van der Waals surface area contributed by atoms with Crippen LogP contribution in [-0.2, 0) is 21.4 Å². The highest BCUT2D eigenvalue weighted by atomic mass is 35.5. The zero-order chi connectivity index (χ0) is 15.6. The molecule has 1 aliphatic heterocycles. The topological polar surface area (TPSA) is 50.3 Å². The summed E-state index contributed by atoms with van der Waals surface area (Å²) in [5.41, 5.74) is 1.03. The van der Waals surface area contributed by atoms with Crippen LogP contribution >= 0.6 is 12.4 Å². The molecule has 0 N–H and O–H groups in total. The molecule has 1 aliphatic rings. The smallest absolute Gasteiger partial charge is 0.240 e. The Bertz CT molecular complexity index is 691. The number of imide groups is 1. The average molecular weight is 331 g/mol. The van der Waals surface area contributed by atoms with Crippen LogP contribution in [0.25, 0.3) is 0 Å². The van der Waals surface area contributed by atoms with Crippen molar-refractivity contribution in [1.29, 1.82) is 0 Å². The quantitative estimate of drug-likeness (QED) is 0.810. The number of aromatic nitrogens is 1. The number of nitrogens with zero attached hydrogens (tertiary/aromatic N) is 2. The Morgan fingerprint density at radius 3 is 2.43 bits per heavy atom. The maximum Gasteiger partial charge on any atom is 0.240 e. The highest BCUT2D eigenvalue weighted by molar-refractivity contribution is 6.08. The number of likely N-dealkylation sites (tertiary alicyclic amines) is 1. The van der Waals surface area contributed by atoms with Crippen molar-refractivity contribution in [3.05, 3.63) is 66.0 Å². The van der Waals surface area contributed by atoms with Crippen molar-refractivity contribution in [1.82, 2.24) is 9.88 Å². The molecule has 3 rings (SSSR count). The molecule has 0 aliphatic carbocycles. The van der Waals surface area contributed by atoms with Gasteiger partial charge in [0, 0.05) is 31.3 Å². The third-order valence-electron chi connectivity index (χ3n) is 4.25. The minimum atomic E-state index is -0.748. The Morgan fingerprint density at radius 1 is 1.09 bits per heavy atom. The molecule has 1 saturated heterocycles. The van der Waals surface area contributed by atoms with Gasteiger partial charge >= 0.3 is 0 Å². The zero-order valence-electron chi connectivity index (χ0n) is 12.9. The van der Waals surface area contributed by atoms with E-state index in [2.05, 4.69) is 4.98 Å². The highest BCUT2D eigenvalue weighted by Gasteiger charge is 2.48. The molecule has 1 aromatic heterocycles. The first-order valence-electron chi connectivity index (χ1n) is 7.41. The molecule has 2 heterocycles. The second kappa shape index (κ2) is 6.92. The summed E-state index contributed by atoms with van der Waals surface area (Å²) in [5.74, 6) is -0.216. The van der Waals surface area contributed by atoms with Crippen molar-refractivity contribution in [3.63, 3.8) is 0 Å². The number of hydrogen-bond acceptors (Lipinski definition) is 3. The Balaban J connectivity index is 0.00000192. The summed E-state index contributed by atoms with van der Waals surface area (Å²) >= 11 is 0. The van der Waals surface area contributed by atoms with Crippen LogP contribution in [-0.4, -0.2) is 28.2 Å². The van der Waals surface area contributed by atoms with E-state index < -0.39 is 5.41 Å². The van der Waals surface area contributed by atoms with Crippen LogP contribution in [0.5, 0.6) is 0 Å². The molecular formula is C18H19ClN2O2. The van der Waals surface area contributed by atoms with Gasteiger partial charge in [-0.05, 0) is 24.6 Å². The van der Waals surface area contributed by atoms with E-state index in [1.54, 1.807) is 6.20 Å². The Morgan fingerprint density at radius 2 is 1.78 bits per heavy atom. The fourth-order valence-electron chi connectivity index (χ4n) is 2.91. The molecule has 1 unspecified atom stereocenters. The lowest BCUT2D eigenvalue weighted by atomic mass is 9.81. The summed E-state index contributed by atoms with van der Waals surface area (Å²) in [6.45, 7) is 2.24. The molecule has 0 spiro atoms. The summed E-state index contributed by atoms with van der Waals surface area (Å²) in [5, 5.41) is 0. The van der Waals surface area contributed by atoms with Gasteiger partial charge in [0.15, 0.2) is 0 Å². The Labute approximate surface area is 141 Å². The standard InChI is InChI=1S/C18H18N2O2.ClH/c1-18(14-7-3-2-4-8-14)13-16(21)20(17(18)22)12-10-15-9-5-6-11-19-15;/h2-9,11H,10,12-13H2,1H3;1H. The van der Waals surface area contributed by atoms with Crippen LogP contribution < -0.4 is 0 Å². The van der Waals surface area contributed by atoms with Crippen LogP contribution in [0.3, 0.4) is 0 Å². The number of hydrogen-bond donors (Lipinski definition) is 0. The normalized spacial score (nSPS) is 20.5. The second-order valence-electron chi connectivity index (χ2n) is 5.80. The first-order chi connectivity index (χ1) is 10.6. The molecule has 23 heavy (non-hydrogen) atoms. The van der Waals surface area contributed by atoms with Gasteiger partial charge in [0.2, 0.25) is 11.8 Å². The monoisotopic (exact) mass is 330 g/mol. The lowest BCUT2D eigenvalue weighted by molar-refractivity contribution is -0.139. The van der Waals surface area contributed by atoms with E-state index in [4.69, 9.17) is 0 Å². The number of rotatable bonds is 4. The summed E-state index contributed by atoms with van der Waals surface area (Å²) < 4.78 is 0. The minimum absolute atomic E-state index is 0. The van der Waals surface area contributed by atoms with Crippen LogP contribution in [0.2, 0.25) is 0 Å². The maximum atomic E-state index is 12.7. The average Bonchev–Trinajstić information content (AvgIpc) is 2.78. The third kappa shape index (κ3) is 3.27. The molecule has 1 aromatic carbocycles. The highest BCUT2D eigenvalue weighted by Crippen LogP contribution is 2.36. The van der Waals surface area contributed by atoms with Gasteiger partial charge in [-0.3, -0.25) is 19.5 Å². The molecule has 2 amide bonds. The predicted octanol–water partition coefficient (Wildman–Crippen LogP) is 2.76. The lowest BCUT2D eigenvalue weighted by Crippen LogP contribution is -2.37. The molecule has 1 fully saturated rings. The molecular weight excluding hydrogens is 312 g/mol. The van der Waals surface area contributed by atoms with E-state index >= 15 is 0 Å². The summed E-state index contributed by atoms with van der Waals surface area (Å²) in [4.78, 5) is 30.6. The Kier molecular flexibility index (Phi) is 5.16. The number of pyridine rings is 1. The van der Waals surface area contributed by atoms with Crippen molar-refractivity contribution >= 4 is 24.2 Å². The predicted molar refractivity (Wildman–Crippen MR) is 90.3 cm³/mol. The molecule has 0 radical (unpaired) electrons. The summed E-state index contributed by atoms with van der Waals surface area (Å²) in [7, 11) is 0. The van der Waals surface area contributed by atoms with Crippen molar-refractivity contribution in [3.8, 4) is 0 Å². The van der Waals surface area contributed by atoms with Crippen LogP contribution in [0.1, 0.15) is 24.6 Å². The van der Waals surface area contributed by atoms with Gasteiger partial charge in [0.25, 0.3) is 0 Å². The van der Waals surface area contributed by atoms with E-state index in [0.717, 1.165) is 11.3 Å². The van der Waals surface area contributed by atoms with Crippen molar-refractivity contribution in [2.45, 2.75) is 25.2 Å². The van der Waals surface area contributed by atoms with Gasteiger partial charge in [-0.15, -0.1) is 12.4 Å². The number of benzene rings is 1. The first kappa shape index (κ1) is 17.2. The molecule has 4 nitrogen and oxygen atoms in total. The number of carbonyl (C=O) groups is 2. The number of amides is 2. The van der Waals surface area contributed by atoms with Gasteiger partial charge in [0.1, 0.15) is 0 Å². The largest absolute Gasteiger partial charge is 0.281 e. The zero-order valence-corrected chi connectivity index (χ0v) is 13.8. The van der Waals surface area contributed by atoms with E-state index in [9.17, 15) is 9.59 Å². The van der Waals surface area contributed by atoms with Crippen LogP contribution in [0, 0.1) is 0 Å². The van der Waals surface area contributed by atoms with Gasteiger partial charge < -0.3 is 0 Å². The van der Waals surface area contributed by atoms with Crippen LogP contribution in [0.15, 0.2) is 54.7 Å². The van der Waals surface area contributed by atoms with E-state index in [-0.39, 0.29) is 30.6 Å². The molecule has 2 aromatic rings. The first-order valence-corrected chi connectivity index (χ1v) is 7.41. The third-order valence-corrected chi connectivity index (χ3v) is 4.25. The van der Waals surface area contributed by atoms with Gasteiger partial charge in [-0.25, -0.2) is 0 Å². The van der Waals surface area contributed by atoms with Crippen molar-refractivity contribution < 1.29 is 9.59 Å². The number of halogens is 1. The molecule has 1 atom stereocenters.